The monoisotopic (exact) mass is 246 g/mol. The first-order valence-electron chi connectivity index (χ1n) is 5.87. The Kier molecular flexibility index (Phi) is 7.49. The standard InChI is InChI=1S/C11H22N2O4/c1-3-11(4-2,9(16)12-5-7-14)10(17)13-6-8-15/h14-15H,3-8H2,1-2H3,(H,12,16)(H,13,17). The van der Waals surface area contributed by atoms with Gasteiger partial charge in [-0.3, -0.25) is 9.59 Å². The van der Waals surface area contributed by atoms with Gasteiger partial charge < -0.3 is 20.8 Å². The summed E-state index contributed by atoms with van der Waals surface area (Å²) in [6, 6.07) is 0. The van der Waals surface area contributed by atoms with Gasteiger partial charge in [-0.15, -0.1) is 0 Å². The third kappa shape index (κ3) is 3.98. The van der Waals surface area contributed by atoms with Crippen LogP contribution in [0.2, 0.25) is 0 Å². The minimum atomic E-state index is -1.12. The summed E-state index contributed by atoms with van der Waals surface area (Å²) in [6.45, 7) is 3.48. The maximum absolute atomic E-state index is 11.9. The first-order chi connectivity index (χ1) is 8.08. The minimum absolute atomic E-state index is 0.133. The van der Waals surface area contributed by atoms with Crippen LogP contribution in [0.4, 0.5) is 0 Å². The van der Waals surface area contributed by atoms with Gasteiger partial charge in [-0.1, -0.05) is 13.8 Å². The van der Waals surface area contributed by atoms with Crippen LogP contribution >= 0.6 is 0 Å². The van der Waals surface area contributed by atoms with Crippen LogP contribution in [0.25, 0.3) is 0 Å². The van der Waals surface area contributed by atoms with Gasteiger partial charge in [-0.2, -0.15) is 0 Å². The maximum Gasteiger partial charge on any atom is 0.235 e. The number of hydrogen-bond acceptors (Lipinski definition) is 4. The van der Waals surface area contributed by atoms with E-state index < -0.39 is 5.41 Å². The van der Waals surface area contributed by atoms with Crippen molar-refractivity contribution in [1.82, 2.24) is 10.6 Å². The summed E-state index contributed by atoms with van der Waals surface area (Å²) in [7, 11) is 0. The zero-order valence-corrected chi connectivity index (χ0v) is 10.5. The lowest BCUT2D eigenvalue weighted by molar-refractivity contribution is -0.144. The van der Waals surface area contributed by atoms with Crippen molar-refractivity contribution in [2.24, 2.45) is 5.41 Å². The van der Waals surface area contributed by atoms with Crippen LogP contribution in [-0.2, 0) is 9.59 Å². The van der Waals surface area contributed by atoms with Crippen LogP contribution in [0.3, 0.4) is 0 Å². The van der Waals surface area contributed by atoms with E-state index >= 15 is 0 Å². The van der Waals surface area contributed by atoms with Gasteiger partial charge in [0.25, 0.3) is 0 Å². The molecule has 6 heteroatoms. The summed E-state index contributed by atoms with van der Waals surface area (Å²) in [5.74, 6) is -0.765. The molecule has 0 aliphatic rings. The fourth-order valence-corrected chi connectivity index (χ4v) is 1.67. The van der Waals surface area contributed by atoms with Crippen molar-refractivity contribution >= 4 is 11.8 Å². The molecule has 0 aromatic rings. The highest BCUT2D eigenvalue weighted by atomic mass is 16.3. The molecule has 17 heavy (non-hydrogen) atoms. The molecule has 2 amide bonds. The molecular formula is C11H22N2O4. The van der Waals surface area contributed by atoms with E-state index in [2.05, 4.69) is 10.6 Å². The molecule has 0 aromatic heterocycles. The summed E-state index contributed by atoms with van der Waals surface area (Å²) in [4.78, 5) is 23.9. The van der Waals surface area contributed by atoms with Crippen molar-refractivity contribution in [2.45, 2.75) is 26.7 Å². The zero-order valence-electron chi connectivity index (χ0n) is 10.5. The second-order valence-electron chi connectivity index (χ2n) is 3.75. The third-order valence-electron chi connectivity index (χ3n) is 2.87. The van der Waals surface area contributed by atoms with Crippen molar-refractivity contribution in [2.75, 3.05) is 26.3 Å². The summed E-state index contributed by atoms with van der Waals surface area (Å²) in [5, 5.41) is 22.4. The molecule has 0 radical (unpaired) electrons. The van der Waals surface area contributed by atoms with E-state index in [0.717, 1.165) is 0 Å². The van der Waals surface area contributed by atoms with Gasteiger partial charge in [-0.05, 0) is 12.8 Å². The van der Waals surface area contributed by atoms with Gasteiger partial charge in [0.2, 0.25) is 11.8 Å². The van der Waals surface area contributed by atoms with Crippen LogP contribution < -0.4 is 10.6 Å². The molecule has 0 spiro atoms. The van der Waals surface area contributed by atoms with Crippen LogP contribution in [-0.4, -0.2) is 48.3 Å². The van der Waals surface area contributed by atoms with Crippen LogP contribution in [0.1, 0.15) is 26.7 Å². The Hall–Kier alpha value is -1.14. The van der Waals surface area contributed by atoms with E-state index in [9.17, 15) is 9.59 Å². The Labute approximate surface area is 101 Å². The Balaban J connectivity index is 4.75. The first kappa shape index (κ1) is 15.9. The van der Waals surface area contributed by atoms with Gasteiger partial charge in [0.1, 0.15) is 5.41 Å². The lowest BCUT2D eigenvalue weighted by atomic mass is 9.80. The predicted octanol–water partition coefficient (Wildman–Crippen LogP) is -0.990. The molecule has 0 saturated carbocycles. The van der Waals surface area contributed by atoms with Crippen molar-refractivity contribution in [3.05, 3.63) is 0 Å². The second-order valence-corrected chi connectivity index (χ2v) is 3.75. The highest BCUT2D eigenvalue weighted by Gasteiger charge is 2.42. The average molecular weight is 246 g/mol. The number of carbonyl (C=O) groups is 2. The fraction of sp³-hybridized carbons (Fsp3) is 0.818. The quantitative estimate of drug-likeness (QED) is 0.413. The van der Waals surface area contributed by atoms with E-state index in [-0.39, 0.29) is 38.1 Å². The molecule has 6 nitrogen and oxygen atoms in total. The van der Waals surface area contributed by atoms with Crippen LogP contribution in [0.5, 0.6) is 0 Å². The smallest absolute Gasteiger partial charge is 0.235 e. The zero-order chi connectivity index (χ0) is 13.3. The van der Waals surface area contributed by atoms with E-state index in [1.165, 1.54) is 0 Å². The highest BCUT2D eigenvalue weighted by Crippen LogP contribution is 2.26. The molecule has 0 aliphatic carbocycles. The Bertz CT molecular complexity index is 230. The van der Waals surface area contributed by atoms with Crippen molar-refractivity contribution in [3.63, 3.8) is 0 Å². The van der Waals surface area contributed by atoms with Crippen molar-refractivity contribution in [1.29, 1.82) is 0 Å². The van der Waals surface area contributed by atoms with E-state index in [0.29, 0.717) is 12.8 Å². The second kappa shape index (κ2) is 8.03. The molecule has 0 atom stereocenters. The number of carbonyl (C=O) groups excluding carboxylic acids is 2. The number of aliphatic hydroxyl groups is 2. The van der Waals surface area contributed by atoms with Crippen LogP contribution in [0.15, 0.2) is 0 Å². The number of nitrogens with one attached hydrogen (secondary N) is 2. The van der Waals surface area contributed by atoms with Crippen molar-refractivity contribution in [3.8, 4) is 0 Å². The highest BCUT2D eigenvalue weighted by molar-refractivity contribution is 6.04. The Morgan fingerprint density at radius 2 is 1.29 bits per heavy atom. The van der Waals surface area contributed by atoms with Gasteiger partial charge in [0, 0.05) is 13.1 Å². The molecule has 0 saturated heterocycles. The summed E-state index contributed by atoms with van der Waals surface area (Å²) >= 11 is 0. The Morgan fingerprint density at radius 3 is 1.53 bits per heavy atom. The molecule has 4 N–H and O–H groups in total. The molecular weight excluding hydrogens is 224 g/mol. The fourth-order valence-electron chi connectivity index (χ4n) is 1.67. The predicted molar refractivity (Wildman–Crippen MR) is 63.2 cm³/mol. The van der Waals surface area contributed by atoms with Gasteiger partial charge in [0.05, 0.1) is 13.2 Å². The molecule has 100 valence electrons. The normalized spacial score (nSPS) is 11.1. The number of aliphatic hydroxyl groups excluding tert-OH is 2. The third-order valence-corrected chi connectivity index (χ3v) is 2.87. The lowest BCUT2D eigenvalue weighted by Gasteiger charge is -2.28. The Morgan fingerprint density at radius 1 is 0.941 bits per heavy atom. The minimum Gasteiger partial charge on any atom is -0.395 e. The summed E-state index contributed by atoms with van der Waals surface area (Å²) < 4.78 is 0. The van der Waals surface area contributed by atoms with E-state index in [1.807, 2.05) is 0 Å². The van der Waals surface area contributed by atoms with Crippen LogP contribution in [0, 0.1) is 5.41 Å². The molecule has 0 rings (SSSR count). The lowest BCUT2D eigenvalue weighted by Crippen LogP contribution is -2.51. The topological polar surface area (TPSA) is 98.7 Å². The number of hydrogen-bond donors (Lipinski definition) is 4. The van der Waals surface area contributed by atoms with Gasteiger partial charge in [0.15, 0.2) is 0 Å². The number of rotatable bonds is 8. The SMILES string of the molecule is CCC(CC)(C(=O)NCCO)C(=O)NCCO. The summed E-state index contributed by atoms with van der Waals surface area (Å²) in [6.07, 6.45) is 0.746. The van der Waals surface area contributed by atoms with Gasteiger partial charge >= 0.3 is 0 Å². The maximum atomic E-state index is 11.9. The molecule has 0 bridgehead atoms. The number of amides is 2. The molecule has 0 heterocycles. The first-order valence-corrected chi connectivity index (χ1v) is 5.87. The molecule has 0 unspecified atom stereocenters. The average Bonchev–Trinajstić information content (AvgIpc) is 2.35. The molecule has 0 fully saturated rings. The molecule has 0 aliphatic heterocycles. The largest absolute Gasteiger partial charge is 0.395 e. The van der Waals surface area contributed by atoms with E-state index in [4.69, 9.17) is 10.2 Å². The van der Waals surface area contributed by atoms with Crippen molar-refractivity contribution < 1.29 is 19.8 Å². The molecule has 0 aromatic carbocycles. The van der Waals surface area contributed by atoms with E-state index in [1.54, 1.807) is 13.8 Å². The summed E-state index contributed by atoms with van der Waals surface area (Å²) in [5.41, 5.74) is -1.12. The van der Waals surface area contributed by atoms with Gasteiger partial charge in [-0.25, -0.2) is 0 Å².